The van der Waals surface area contributed by atoms with E-state index in [0.29, 0.717) is 29.9 Å². The second-order valence-electron chi connectivity index (χ2n) is 7.52. The lowest BCUT2D eigenvalue weighted by Gasteiger charge is -2.27. The third-order valence-corrected chi connectivity index (χ3v) is 10.6. The molecule has 34 heavy (non-hydrogen) atoms. The van der Waals surface area contributed by atoms with Crippen molar-refractivity contribution in [1.29, 1.82) is 0 Å². The van der Waals surface area contributed by atoms with Crippen LogP contribution in [0.5, 0.6) is 0 Å². The fraction of sp³-hybridized carbons (Fsp3) is 0.579. The molecule has 0 saturated carbocycles. The number of Topliss-reactive ketones (excluding diaryl/α,β-unsaturated/α-hetero) is 1. The topological polar surface area (TPSA) is 179 Å². The number of ketones is 1. The summed E-state index contributed by atoms with van der Waals surface area (Å²) in [7, 11) is -8.06. The Labute approximate surface area is 201 Å². The van der Waals surface area contributed by atoms with Gasteiger partial charge in [0, 0.05) is 31.4 Å². The van der Waals surface area contributed by atoms with Gasteiger partial charge in [-0.15, -0.1) is 11.3 Å². The van der Waals surface area contributed by atoms with Gasteiger partial charge < -0.3 is 14.8 Å². The van der Waals surface area contributed by atoms with E-state index in [4.69, 9.17) is 0 Å². The minimum atomic E-state index is -4.37. The molecule has 0 spiro atoms. The van der Waals surface area contributed by atoms with E-state index in [1.54, 1.807) is 6.92 Å². The second-order valence-corrected chi connectivity index (χ2v) is 13.0. The SMILES string of the molecule is CCN[C@H]1C[C@H](C)S(=O)(=O)c2sc(S(=O)(=O)NC(=O)CCC(=O)COC(=O)COC(C)=O)cc21. The standard InChI is InChI=1S/C19H26N2O10S3/c1-4-20-15-7-11(2)33(26,27)19-14(15)8-18(32-19)34(28,29)21-16(24)6-5-13(23)9-31-17(25)10-30-12(3)22/h8,11,15,20H,4-7,9-10H2,1-3H3,(H,21,24)/t11-,15-/m0/s1. The van der Waals surface area contributed by atoms with Crippen LogP contribution >= 0.6 is 11.3 Å². The van der Waals surface area contributed by atoms with Crippen molar-refractivity contribution >= 4 is 54.8 Å². The van der Waals surface area contributed by atoms with E-state index in [1.165, 1.54) is 6.07 Å². The van der Waals surface area contributed by atoms with Gasteiger partial charge in [0.05, 0.1) is 5.25 Å². The van der Waals surface area contributed by atoms with Crippen LogP contribution in [0.1, 0.15) is 51.6 Å². The first kappa shape index (κ1) is 27.9. The molecular formula is C19H26N2O10S3. The molecule has 1 aromatic heterocycles. The molecule has 0 radical (unpaired) electrons. The summed E-state index contributed by atoms with van der Waals surface area (Å²) in [6.07, 6.45) is -0.614. The van der Waals surface area contributed by atoms with Crippen molar-refractivity contribution in [3.05, 3.63) is 11.6 Å². The molecule has 0 unspecified atom stereocenters. The van der Waals surface area contributed by atoms with E-state index < -0.39 is 74.8 Å². The number of fused-ring (bicyclic) bond motifs is 1. The number of hydrogen-bond donors (Lipinski definition) is 2. The number of rotatable bonds is 11. The summed E-state index contributed by atoms with van der Waals surface area (Å²) in [6.45, 7) is 3.73. The van der Waals surface area contributed by atoms with Gasteiger partial charge >= 0.3 is 11.9 Å². The molecule has 1 aliphatic rings. The largest absolute Gasteiger partial charge is 0.455 e. The zero-order valence-electron chi connectivity index (χ0n) is 18.8. The number of ether oxygens (including phenoxy) is 2. The predicted octanol–water partition coefficient (Wildman–Crippen LogP) is 0.225. The van der Waals surface area contributed by atoms with Crippen molar-refractivity contribution in [3.63, 3.8) is 0 Å². The normalized spacial score (nSPS) is 19.0. The van der Waals surface area contributed by atoms with Crippen molar-refractivity contribution in [1.82, 2.24) is 10.0 Å². The van der Waals surface area contributed by atoms with E-state index in [0.717, 1.165) is 6.92 Å². The smallest absolute Gasteiger partial charge is 0.344 e. The number of carbonyl (C=O) groups excluding carboxylic acids is 4. The molecule has 1 amide bonds. The zero-order chi connectivity index (χ0) is 25.7. The van der Waals surface area contributed by atoms with E-state index in [1.807, 2.05) is 11.6 Å². The molecule has 1 aromatic rings. The van der Waals surface area contributed by atoms with Gasteiger partial charge in [-0.25, -0.2) is 26.4 Å². The molecule has 0 saturated heterocycles. The van der Waals surface area contributed by atoms with E-state index >= 15 is 0 Å². The van der Waals surface area contributed by atoms with Crippen molar-refractivity contribution < 1.29 is 45.5 Å². The van der Waals surface area contributed by atoms with Gasteiger partial charge in [-0.05, 0) is 26.0 Å². The molecule has 0 aromatic carbocycles. The Morgan fingerprint density at radius 1 is 1.15 bits per heavy atom. The van der Waals surface area contributed by atoms with Crippen molar-refractivity contribution in [3.8, 4) is 0 Å². The molecule has 1 aliphatic heterocycles. The van der Waals surface area contributed by atoms with Crippen LogP contribution in [-0.4, -0.2) is 65.5 Å². The number of sulfonamides is 1. The van der Waals surface area contributed by atoms with Gasteiger partial charge in [0.1, 0.15) is 15.0 Å². The van der Waals surface area contributed by atoms with E-state index in [-0.39, 0.29) is 14.5 Å². The number of sulfone groups is 1. The maximum atomic E-state index is 12.7. The van der Waals surface area contributed by atoms with E-state index in [9.17, 15) is 36.0 Å². The molecule has 0 bridgehead atoms. The Kier molecular flexibility index (Phi) is 9.33. The molecule has 15 heteroatoms. The molecular weight excluding hydrogens is 512 g/mol. The minimum Gasteiger partial charge on any atom is -0.455 e. The van der Waals surface area contributed by atoms with Gasteiger partial charge in [-0.1, -0.05) is 6.92 Å². The molecule has 2 heterocycles. The highest BCUT2D eigenvalue weighted by atomic mass is 32.3. The van der Waals surface area contributed by atoms with Gasteiger partial charge in [-0.3, -0.25) is 14.4 Å². The zero-order valence-corrected chi connectivity index (χ0v) is 21.2. The van der Waals surface area contributed by atoms with Crippen molar-refractivity contribution in [2.75, 3.05) is 19.8 Å². The van der Waals surface area contributed by atoms with Gasteiger partial charge in [0.25, 0.3) is 10.0 Å². The number of nitrogens with one attached hydrogen (secondary N) is 2. The minimum absolute atomic E-state index is 0.0456. The average Bonchev–Trinajstić information content (AvgIpc) is 3.21. The molecule has 12 nitrogen and oxygen atoms in total. The van der Waals surface area contributed by atoms with Crippen molar-refractivity contribution in [2.45, 2.75) is 59.7 Å². The number of hydrogen-bond acceptors (Lipinski definition) is 12. The molecule has 2 atom stereocenters. The van der Waals surface area contributed by atoms with Crippen LogP contribution in [0.15, 0.2) is 14.5 Å². The molecule has 190 valence electrons. The van der Waals surface area contributed by atoms with Crippen LogP contribution in [0.2, 0.25) is 0 Å². The maximum Gasteiger partial charge on any atom is 0.344 e. The lowest BCUT2D eigenvalue weighted by molar-refractivity contribution is -0.159. The molecule has 0 aliphatic carbocycles. The summed E-state index contributed by atoms with van der Waals surface area (Å²) in [5.41, 5.74) is 0.350. The van der Waals surface area contributed by atoms with Gasteiger partial charge in [-0.2, -0.15) is 0 Å². The number of carbonyl (C=O) groups is 4. The van der Waals surface area contributed by atoms with Crippen LogP contribution in [0.3, 0.4) is 0 Å². The summed E-state index contributed by atoms with van der Waals surface area (Å²) in [4.78, 5) is 45.8. The quantitative estimate of drug-likeness (QED) is 0.368. The highest BCUT2D eigenvalue weighted by Gasteiger charge is 2.39. The Balaban J connectivity index is 1.99. The monoisotopic (exact) mass is 538 g/mol. The highest BCUT2D eigenvalue weighted by Crippen LogP contribution is 2.42. The fourth-order valence-corrected chi connectivity index (χ4v) is 8.12. The van der Waals surface area contributed by atoms with Crippen LogP contribution in [0.4, 0.5) is 0 Å². The average molecular weight is 539 g/mol. The first-order chi connectivity index (χ1) is 15.8. The number of thiophene rings is 1. The lowest BCUT2D eigenvalue weighted by atomic mass is 10.1. The van der Waals surface area contributed by atoms with Crippen LogP contribution in [0, 0.1) is 0 Å². The van der Waals surface area contributed by atoms with Crippen LogP contribution in [0.25, 0.3) is 0 Å². The Bertz CT molecular complexity index is 1170. The summed E-state index contributed by atoms with van der Waals surface area (Å²) in [6, 6.07) is 0.913. The molecule has 0 fully saturated rings. The maximum absolute atomic E-state index is 12.7. The molecule has 2 rings (SSSR count). The third-order valence-electron chi connectivity index (χ3n) is 4.82. The van der Waals surface area contributed by atoms with Crippen LogP contribution in [-0.2, 0) is 48.5 Å². The van der Waals surface area contributed by atoms with Crippen molar-refractivity contribution in [2.24, 2.45) is 0 Å². The highest BCUT2D eigenvalue weighted by molar-refractivity contribution is 7.95. The summed E-state index contributed by atoms with van der Waals surface area (Å²) < 4.78 is 61.2. The third kappa shape index (κ3) is 7.07. The summed E-state index contributed by atoms with van der Waals surface area (Å²) >= 11 is 0.576. The molecule has 2 N–H and O–H groups in total. The number of esters is 2. The lowest BCUT2D eigenvalue weighted by Crippen LogP contribution is -2.33. The Morgan fingerprint density at radius 3 is 2.44 bits per heavy atom. The summed E-state index contributed by atoms with van der Waals surface area (Å²) in [5.74, 6) is -3.27. The number of amides is 1. The first-order valence-electron chi connectivity index (χ1n) is 10.2. The fourth-order valence-electron chi connectivity index (χ4n) is 3.11. The second kappa shape index (κ2) is 11.4. The summed E-state index contributed by atoms with van der Waals surface area (Å²) in [5, 5.41) is 2.45. The Morgan fingerprint density at radius 2 is 1.82 bits per heavy atom. The Hall–Kier alpha value is -2.36. The van der Waals surface area contributed by atoms with Gasteiger partial charge in [0.15, 0.2) is 22.2 Å². The van der Waals surface area contributed by atoms with Crippen LogP contribution < -0.4 is 10.0 Å². The predicted molar refractivity (Wildman–Crippen MR) is 119 cm³/mol. The first-order valence-corrected chi connectivity index (χ1v) is 14.1. The van der Waals surface area contributed by atoms with E-state index in [2.05, 4.69) is 14.8 Å². The van der Waals surface area contributed by atoms with Gasteiger partial charge in [0.2, 0.25) is 5.91 Å².